The van der Waals surface area contributed by atoms with Gasteiger partial charge in [0.15, 0.2) is 0 Å². The van der Waals surface area contributed by atoms with Crippen LogP contribution in [0.2, 0.25) is 0 Å². The van der Waals surface area contributed by atoms with Crippen LogP contribution < -0.4 is 5.32 Å². The minimum atomic E-state index is -1.05. The SMILES string of the molecule is CC/C=C/C(=O)Nc1cccc(-c2nc(CC)nc3[nH]cc(C(=O)O)c23)c1. The van der Waals surface area contributed by atoms with E-state index in [0.717, 1.165) is 6.42 Å². The van der Waals surface area contributed by atoms with Gasteiger partial charge in [-0.3, -0.25) is 4.79 Å². The average Bonchev–Trinajstić information content (AvgIpc) is 3.10. The van der Waals surface area contributed by atoms with Gasteiger partial charge in [0, 0.05) is 23.9 Å². The van der Waals surface area contributed by atoms with Crippen molar-refractivity contribution in [2.75, 3.05) is 5.32 Å². The van der Waals surface area contributed by atoms with Crippen molar-refractivity contribution in [3.63, 3.8) is 0 Å². The summed E-state index contributed by atoms with van der Waals surface area (Å²) < 4.78 is 0. The molecule has 7 heteroatoms. The van der Waals surface area contributed by atoms with Crippen LogP contribution in [0, 0.1) is 0 Å². The standard InChI is InChI=1S/C20H20N4O3/c1-3-5-9-16(25)22-13-8-6-7-12(10-13)18-17-14(20(26)27)11-21-19(17)24-15(4-2)23-18/h5-11H,3-4H2,1-2H3,(H,22,25)(H,26,27)(H,21,23,24)/b9-5+. The van der Waals surface area contributed by atoms with Gasteiger partial charge in [0.2, 0.25) is 5.91 Å². The fourth-order valence-corrected chi connectivity index (χ4v) is 2.77. The normalized spacial score (nSPS) is 11.2. The Balaban J connectivity index is 2.10. The molecule has 0 aliphatic rings. The lowest BCUT2D eigenvalue weighted by Crippen LogP contribution is -2.08. The molecule has 0 fully saturated rings. The number of rotatable bonds is 6. The van der Waals surface area contributed by atoms with Crippen molar-refractivity contribution in [2.24, 2.45) is 0 Å². The number of amides is 1. The molecule has 0 atom stereocenters. The zero-order valence-corrected chi connectivity index (χ0v) is 15.1. The number of fused-ring (bicyclic) bond motifs is 1. The summed E-state index contributed by atoms with van der Waals surface area (Å²) in [4.78, 5) is 35.4. The molecule has 0 spiro atoms. The summed E-state index contributed by atoms with van der Waals surface area (Å²) in [5, 5.41) is 12.7. The number of carbonyl (C=O) groups excluding carboxylic acids is 1. The molecule has 3 N–H and O–H groups in total. The van der Waals surface area contributed by atoms with Gasteiger partial charge < -0.3 is 15.4 Å². The number of H-pyrrole nitrogens is 1. The van der Waals surface area contributed by atoms with Crippen LogP contribution >= 0.6 is 0 Å². The largest absolute Gasteiger partial charge is 0.478 e. The number of carboxylic acid groups (broad SMARTS) is 1. The van der Waals surface area contributed by atoms with Crippen LogP contribution in [0.5, 0.6) is 0 Å². The van der Waals surface area contributed by atoms with Crippen molar-refractivity contribution in [2.45, 2.75) is 26.7 Å². The van der Waals surface area contributed by atoms with Gasteiger partial charge in [-0.15, -0.1) is 0 Å². The summed E-state index contributed by atoms with van der Waals surface area (Å²) in [7, 11) is 0. The van der Waals surface area contributed by atoms with Crippen LogP contribution in [0.15, 0.2) is 42.6 Å². The van der Waals surface area contributed by atoms with Crippen LogP contribution in [-0.2, 0) is 11.2 Å². The van der Waals surface area contributed by atoms with Gasteiger partial charge in [-0.05, 0) is 24.6 Å². The first-order chi connectivity index (χ1) is 13.0. The third-order valence-electron chi connectivity index (χ3n) is 4.03. The molecule has 3 rings (SSSR count). The highest BCUT2D eigenvalue weighted by Crippen LogP contribution is 2.30. The molecule has 1 amide bonds. The van der Waals surface area contributed by atoms with E-state index in [1.54, 1.807) is 24.3 Å². The second kappa shape index (κ2) is 7.82. The molecule has 0 aliphatic carbocycles. The summed E-state index contributed by atoms with van der Waals surface area (Å²) in [6, 6.07) is 7.17. The number of benzene rings is 1. The number of aromatic carboxylic acids is 1. The fraction of sp³-hybridized carbons (Fsp3) is 0.200. The number of allylic oxidation sites excluding steroid dienone is 1. The molecule has 27 heavy (non-hydrogen) atoms. The van der Waals surface area contributed by atoms with Gasteiger partial charge >= 0.3 is 5.97 Å². The van der Waals surface area contributed by atoms with Crippen molar-refractivity contribution >= 4 is 28.6 Å². The molecule has 3 aromatic rings. The Hall–Kier alpha value is -3.48. The molecule has 2 heterocycles. The van der Waals surface area contributed by atoms with Crippen LogP contribution in [-0.4, -0.2) is 31.9 Å². The predicted octanol–water partition coefficient (Wildman–Crippen LogP) is 3.79. The number of hydrogen-bond acceptors (Lipinski definition) is 4. The Morgan fingerprint density at radius 3 is 2.78 bits per heavy atom. The van der Waals surface area contributed by atoms with Gasteiger partial charge in [0.1, 0.15) is 11.5 Å². The maximum atomic E-state index is 11.9. The maximum absolute atomic E-state index is 11.9. The van der Waals surface area contributed by atoms with Crippen molar-refractivity contribution in [3.8, 4) is 11.3 Å². The Morgan fingerprint density at radius 1 is 1.26 bits per heavy atom. The van der Waals surface area contributed by atoms with E-state index < -0.39 is 5.97 Å². The Kier molecular flexibility index (Phi) is 5.30. The number of nitrogens with one attached hydrogen (secondary N) is 2. The minimum Gasteiger partial charge on any atom is -0.478 e. The number of nitrogens with zero attached hydrogens (tertiary/aromatic N) is 2. The van der Waals surface area contributed by atoms with E-state index in [1.807, 2.05) is 19.9 Å². The fourth-order valence-electron chi connectivity index (χ4n) is 2.77. The number of aromatic nitrogens is 3. The smallest absolute Gasteiger partial charge is 0.338 e. The van der Waals surface area contributed by atoms with E-state index in [1.165, 1.54) is 12.3 Å². The molecule has 0 saturated carbocycles. The molecular formula is C20H20N4O3. The lowest BCUT2D eigenvalue weighted by atomic mass is 10.1. The van der Waals surface area contributed by atoms with E-state index in [4.69, 9.17) is 0 Å². The van der Waals surface area contributed by atoms with E-state index in [-0.39, 0.29) is 11.5 Å². The molecule has 0 saturated heterocycles. The summed E-state index contributed by atoms with van der Waals surface area (Å²) >= 11 is 0. The van der Waals surface area contributed by atoms with Crippen molar-refractivity contribution in [3.05, 3.63) is 54.0 Å². The van der Waals surface area contributed by atoms with Gasteiger partial charge in [-0.25, -0.2) is 14.8 Å². The first-order valence-electron chi connectivity index (χ1n) is 8.72. The molecular weight excluding hydrogens is 344 g/mol. The van der Waals surface area contributed by atoms with Gasteiger partial charge in [-0.2, -0.15) is 0 Å². The Bertz CT molecular complexity index is 1040. The maximum Gasteiger partial charge on any atom is 0.338 e. The van der Waals surface area contributed by atoms with E-state index in [0.29, 0.717) is 40.2 Å². The van der Waals surface area contributed by atoms with E-state index in [9.17, 15) is 14.7 Å². The van der Waals surface area contributed by atoms with Gasteiger partial charge in [-0.1, -0.05) is 32.1 Å². The molecule has 0 unspecified atom stereocenters. The second-order valence-corrected chi connectivity index (χ2v) is 5.95. The monoisotopic (exact) mass is 364 g/mol. The van der Waals surface area contributed by atoms with Crippen molar-refractivity contribution in [1.82, 2.24) is 15.0 Å². The first-order valence-corrected chi connectivity index (χ1v) is 8.72. The van der Waals surface area contributed by atoms with Crippen molar-refractivity contribution < 1.29 is 14.7 Å². The highest BCUT2D eigenvalue weighted by Gasteiger charge is 2.19. The Labute approximate surface area is 156 Å². The van der Waals surface area contributed by atoms with E-state index in [2.05, 4.69) is 20.3 Å². The first kappa shape index (κ1) is 18.3. The summed E-state index contributed by atoms with van der Waals surface area (Å²) in [6.07, 6.45) is 6.07. The molecule has 0 radical (unpaired) electrons. The molecule has 138 valence electrons. The number of carbonyl (C=O) groups is 2. The zero-order chi connectivity index (χ0) is 19.4. The van der Waals surface area contributed by atoms with Crippen LogP contribution in [0.25, 0.3) is 22.3 Å². The summed E-state index contributed by atoms with van der Waals surface area (Å²) in [6.45, 7) is 3.88. The summed E-state index contributed by atoms with van der Waals surface area (Å²) in [5.41, 5.74) is 2.43. The molecule has 1 aromatic carbocycles. The number of hydrogen-bond donors (Lipinski definition) is 3. The molecule has 0 aliphatic heterocycles. The lowest BCUT2D eigenvalue weighted by Gasteiger charge is -2.09. The molecule has 7 nitrogen and oxygen atoms in total. The van der Waals surface area contributed by atoms with Gasteiger partial charge in [0.25, 0.3) is 0 Å². The summed E-state index contributed by atoms with van der Waals surface area (Å²) in [5.74, 6) is -0.662. The third kappa shape index (κ3) is 3.87. The Morgan fingerprint density at radius 2 is 2.07 bits per heavy atom. The van der Waals surface area contributed by atoms with Crippen molar-refractivity contribution in [1.29, 1.82) is 0 Å². The number of carboxylic acids is 1. The topological polar surface area (TPSA) is 108 Å². The molecule has 0 bridgehead atoms. The highest BCUT2D eigenvalue weighted by atomic mass is 16.4. The quantitative estimate of drug-likeness (QED) is 0.577. The van der Waals surface area contributed by atoms with E-state index >= 15 is 0 Å². The molecule has 2 aromatic heterocycles. The van der Waals surface area contributed by atoms with Crippen LogP contribution in [0.1, 0.15) is 36.5 Å². The number of aromatic amines is 1. The van der Waals surface area contributed by atoms with Crippen LogP contribution in [0.4, 0.5) is 5.69 Å². The van der Waals surface area contributed by atoms with Crippen LogP contribution in [0.3, 0.4) is 0 Å². The predicted molar refractivity (Wildman–Crippen MR) is 104 cm³/mol. The number of anilines is 1. The zero-order valence-electron chi connectivity index (χ0n) is 15.1. The average molecular weight is 364 g/mol. The lowest BCUT2D eigenvalue weighted by molar-refractivity contribution is -0.111. The third-order valence-corrected chi connectivity index (χ3v) is 4.03. The minimum absolute atomic E-state index is 0.114. The van der Waals surface area contributed by atoms with Gasteiger partial charge in [0.05, 0.1) is 16.6 Å². The highest BCUT2D eigenvalue weighted by molar-refractivity contribution is 6.08. The second-order valence-electron chi connectivity index (χ2n) is 5.95. The number of aryl methyl sites for hydroxylation is 1.